The molecule has 2 rings (SSSR count). The zero-order valence-electron chi connectivity index (χ0n) is 9.63. The van der Waals surface area contributed by atoms with Gasteiger partial charge in [0.05, 0.1) is 6.61 Å². The van der Waals surface area contributed by atoms with Crippen LogP contribution in [-0.4, -0.2) is 7.11 Å². The standard InChI is InChI=1S/C13H18BrNO/c1-16-9-10-4-5-11(8-12(10)14)13(15)6-2-3-7-13/h4-5,8H,2-3,6-7,9,15H2,1H3. The quantitative estimate of drug-likeness (QED) is 0.924. The summed E-state index contributed by atoms with van der Waals surface area (Å²) in [4.78, 5) is 0. The summed E-state index contributed by atoms with van der Waals surface area (Å²) in [6.07, 6.45) is 4.69. The predicted molar refractivity (Wildman–Crippen MR) is 69.2 cm³/mol. The van der Waals surface area contributed by atoms with E-state index in [4.69, 9.17) is 10.5 Å². The van der Waals surface area contributed by atoms with E-state index in [1.54, 1.807) is 7.11 Å². The van der Waals surface area contributed by atoms with Crippen molar-refractivity contribution in [3.63, 3.8) is 0 Å². The molecule has 0 amide bonds. The molecule has 1 aliphatic carbocycles. The molecule has 2 N–H and O–H groups in total. The minimum atomic E-state index is -0.103. The van der Waals surface area contributed by atoms with E-state index in [-0.39, 0.29) is 5.54 Å². The molecule has 1 saturated carbocycles. The first-order chi connectivity index (χ1) is 7.65. The molecule has 1 fully saturated rings. The first-order valence-corrected chi connectivity index (χ1v) is 6.52. The first kappa shape index (κ1) is 12.1. The SMILES string of the molecule is COCc1ccc(C2(N)CCCC2)cc1Br. The molecule has 0 unspecified atom stereocenters. The maximum atomic E-state index is 6.42. The molecule has 0 radical (unpaired) electrons. The lowest BCUT2D eigenvalue weighted by Gasteiger charge is -2.24. The lowest BCUT2D eigenvalue weighted by Crippen LogP contribution is -2.33. The van der Waals surface area contributed by atoms with E-state index in [0.29, 0.717) is 6.61 Å². The van der Waals surface area contributed by atoms with E-state index in [1.165, 1.54) is 24.0 Å². The number of hydrogen-bond donors (Lipinski definition) is 1. The van der Waals surface area contributed by atoms with Gasteiger partial charge in [0.2, 0.25) is 0 Å². The van der Waals surface area contributed by atoms with Gasteiger partial charge in [-0.1, -0.05) is 40.9 Å². The molecule has 0 heterocycles. The molecule has 1 aliphatic rings. The average molecular weight is 284 g/mol. The third kappa shape index (κ3) is 2.31. The van der Waals surface area contributed by atoms with E-state index in [1.807, 2.05) is 0 Å². The second kappa shape index (κ2) is 4.86. The Hall–Kier alpha value is -0.380. The molecule has 0 saturated heterocycles. The summed E-state index contributed by atoms with van der Waals surface area (Å²) < 4.78 is 6.24. The molecule has 0 spiro atoms. The largest absolute Gasteiger partial charge is 0.380 e. The monoisotopic (exact) mass is 283 g/mol. The highest BCUT2D eigenvalue weighted by atomic mass is 79.9. The Labute approximate surface area is 105 Å². The number of methoxy groups -OCH3 is 1. The fraction of sp³-hybridized carbons (Fsp3) is 0.538. The van der Waals surface area contributed by atoms with Crippen LogP contribution >= 0.6 is 15.9 Å². The summed E-state index contributed by atoms with van der Waals surface area (Å²) >= 11 is 3.58. The van der Waals surface area contributed by atoms with Crippen LogP contribution in [0.4, 0.5) is 0 Å². The Kier molecular flexibility index (Phi) is 3.67. The molecule has 1 aromatic carbocycles. The van der Waals surface area contributed by atoms with Gasteiger partial charge in [0.15, 0.2) is 0 Å². The molecule has 16 heavy (non-hydrogen) atoms. The van der Waals surface area contributed by atoms with Crippen LogP contribution in [0.25, 0.3) is 0 Å². The van der Waals surface area contributed by atoms with Crippen molar-refractivity contribution in [3.8, 4) is 0 Å². The summed E-state index contributed by atoms with van der Waals surface area (Å²) in [5, 5.41) is 0. The number of benzene rings is 1. The van der Waals surface area contributed by atoms with Gasteiger partial charge in [-0.3, -0.25) is 0 Å². The van der Waals surface area contributed by atoms with Crippen LogP contribution in [-0.2, 0) is 16.9 Å². The van der Waals surface area contributed by atoms with E-state index >= 15 is 0 Å². The fourth-order valence-corrected chi connectivity index (χ4v) is 2.92. The van der Waals surface area contributed by atoms with E-state index in [2.05, 4.69) is 34.1 Å². The van der Waals surface area contributed by atoms with Crippen LogP contribution in [0.2, 0.25) is 0 Å². The average Bonchev–Trinajstić information content (AvgIpc) is 2.70. The van der Waals surface area contributed by atoms with Crippen molar-refractivity contribution < 1.29 is 4.74 Å². The Morgan fingerprint density at radius 1 is 1.38 bits per heavy atom. The van der Waals surface area contributed by atoms with Crippen molar-refractivity contribution in [2.24, 2.45) is 5.73 Å². The van der Waals surface area contributed by atoms with Crippen molar-refractivity contribution in [1.29, 1.82) is 0 Å². The number of nitrogens with two attached hydrogens (primary N) is 1. The molecule has 1 aromatic rings. The van der Waals surface area contributed by atoms with Crippen molar-refractivity contribution in [3.05, 3.63) is 33.8 Å². The van der Waals surface area contributed by atoms with E-state index in [0.717, 1.165) is 17.3 Å². The first-order valence-electron chi connectivity index (χ1n) is 5.72. The van der Waals surface area contributed by atoms with Gasteiger partial charge < -0.3 is 10.5 Å². The third-order valence-corrected chi connectivity index (χ3v) is 4.16. The lowest BCUT2D eigenvalue weighted by molar-refractivity contribution is 0.184. The minimum Gasteiger partial charge on any atom is -0.380 e. The highest BCUT2D eigenvalue weighted by molar-refractivity contribution is 9.10. The molecule has 2 nitrogen and oxygen atoms in total. The van der Waals surface area contributed by atoms with Gasteiger partial charge in [0, 0.05) is 17.1 Å². The van der Waals surface area contributed by atoms with E-state index in [9.17, 15) is 0 Å². The number of ether oxygens (including phenoxy) is 1. The summed E-state index contributed by atoms with van der Waals surface area (Å²) in [5.74, 6) is 0. The van der Waals surface area contributed by atoms with Gasteiger partial charge in [-0.15, -0.1) is 0 Å². The number of halogens is 1. The summed E-state index contributed by atoms with van der Waals surface area (Å²) in [6.45, 7) is 0.637. The van der Waals surface area contributed by atoms with Crippen LogP contribution in [0.5, 0.6) is 0 Å². The predicted octanol–water partition coefficient (Wildman–Crippen LogP) is 3.32. The molecule has 3 heteroatoms. The summed E-state index contributed by atoms with van der Waals surface area (Å²) in [6, 6.07) is 6.40. The summed E-state index contributed by atoms with van der Waals surface area (Å²) in [7, 11) is 1.71. The highest BCUT2D eigenvalue weighted by Crippen LogP contribution is 2.37. The molecule has 0 aromatic heterocycles. The molecular weight excluding hydrogens is 266 g/mol. The maximum absolute atomic E-state index is 6.42. The van der Waals surface area contributed by atoms with Crippen molar-refractivity contribution in [2.75, 3.05) is 7.11 Å². The van der Waals surface area contributed by atoms with Crippen LogP contribution in [0.3, 0.4) is 0 Å². The highest BCUT2D eigenvalue weighted by Gasteiger charge is 2.31. The van der Waals surface area contributed by atoms with E-state index < -0.39 is 0 Å². The zero-order chi connectivity index (χ0) is 11.6. The Morgan fingerprint density at radius 2 is 2.06 bits per heavy atom. The Bertz CT molecular complexity index is 372. The van der Waals surface area contributed by atoms with Crippen LogP contribution < -0.4 is 5.73 Å². The smallest absolute Gasteiger partial charge is 0.0724 e. The molecule has 0 aliphatic heterocycles. The van der Waals surface area contributed by atoms with Crippen molar-refractivity contribution in [2.45, 2.75) is 37.8 Å². The maximum Gasteiger partial charge on any atom is 0.0724 e. The lowest BCUT2D eigenvalue weighted by atomic mass is 9.89. The molecular formula is C13H18BrNO. The van der Waals surface area contributed by atoms with Crippen molar-refractivity contribution in [1.82, 2.24) is 0 Å². The summed E-state index contributed by atoms with van der Waals surface area (Å²) in [5.41, 5.74) is 8.74. The Balaban J connectivity index is 2.26. The van der Waals surface area contributed by atoms with Gasteiger partial charge in [0.1, 0.15) is 0 Å². The van der Waals surface area contributed by atoms with Crippen LogP contribution in [0.15, 0.2) is 22.7 Å². The zero-order valence-corrected chi connectivity index (χ0v) is 11.2. The van der Waals surface area contributed by atoms with Gasteiger partial charge >= 0.3 is 0 Å². The number of rotatable bonds is 3. The van der Waals surface area contributed by atoms with Gasteiger partial charge in [-0.25, -0.2) is 0 Å². The van der Waals surface area contributed by atoms with Crippen molar-refractivity contribution >= 4 is 15.9 Å². The molecule has 88 valence electrons. The minimum absolute atomic E-state index is 0.103. The van der Waals surface area contributed by atoms with Crippen LogP contribution in [0, 0.1) is 0 Å². The fourth-order valence-electron chi connectivity index (χ4n) is 2.42. The second-order valence-corrected chi connectivity index (χ2v) is 5.46. The van der Waals surface area contributed by atoms with Gasteiger partial charge in [-0.2, -0.15) is 0 Å². The molecule has 0 atom stereocenters. The Morgan fingerprint density at radius 3 is 2.62 bits per heavy atom. The normalized spacial score (nSPS) is 18.9. The van der Waals surface area contributed by atoms with Gasteiger partial charge in [-0.05, 0) is 30.0 Å². The third-order valence-electron chi connectivity index (χ3n) is 3.42. The number of hydrogen-bond acceptors (Lipinski definition) is 2. The second-order valence-electron chi connectivity index (χ2n) is 4.60. The topological polar surface area (TPSA) is 35.2 Å². The van der Waals surface area contributed by atoms with Crippen LogP contribution in [0.1, 0.15) is 36.8 Å². The molecule has 0 bridgehead atoms. The van der Waals surface area contributed by atoms with Gasteiger partial charge in [0.25, 0.3) is 0 Å².